The zero-order chi connectivity index (χ0) is 27.4. The van der Waals surface area contributed by atoms with Crippen molar-refractivity contribution < 1.29 is 14.6 Å². The first kappa shape index (κ1) is 26.2. The molecule has 1 fully saturated rings. The first-order chi connectivity index (χ1) is 19.0. The number of hydrogen-bond acceptors (Lipinski definition) is 8. The van der Waals surface area contributed by atoms with E-state index in [9.17, 15) is 9.90 Å². The van der Waals surface area contributed by atoms with E-state index < -0.39 is 0 Å². The van der Waals surface area contributed by atoms with Gasteiger partial charge >= 0.3 is 0 Å². The van der Waals surface area contributed by atoms with Crippen molar-refractivity contribution in [3.05, 3.63) is 67.6 Å². The van der Waals surface area contributed by atoms with Crippen LogP contribution < -0.4 is 20.3 Å². The lowest BCUT2D eigenvalue weighted by Crippen LogP contribution is -2.47. The maximum Gasteiger partial charge on any atom is 0.247 e. The molecule has 2 aromatic heterocycles. The van der Waals surface area contributed by atoms with Gasteiger partial charge in [0.15, 0.2) is 0 Å². The minimum Gasteiger partial charge on any atom is -0.494 e. The molecule has 0 atom stereocenters. The van der Waals surface area contributed by atoms with Crippen molar-refractivity contribution in [1.82, 2.24) is 19.4 Å². The van der Waals surface area contributed by atoms with Crippen LogP contribution in [0.25, 0.3) is 22.2 Å². The topological polar surface area (TPSA) is 108 Å². The second-order valence-corrected chi connectivity index (χ2v) is 9.40. The molecule has 0 unspecified atom stereocenters. The largest absolute Gasteiger partial charge is 0.494 e. The third-order valence-corrected chi connectivity index (χ3v) is 6.99. The van der Waals surface area contributed by atoms with Crippen molar-refractivity contribution in [3.8, 4) is 17.0 Å². The molecule has 0 aliphatic carbocycles. The number of benzene rings is 2. The Morgan fingerprint density at radius 2 is 1.92 bits per heavy atom. The first-order valence-corrected chi connectivity index (χ1v) is 12.9. The summed E-state index contributed by atoms with van der Waals surface area (Å²) in [6, 6.07) is 13.9. The summed E-state index contributed by atoms with van der Waals surface area (Å²) in [5.74, 6) is 0.911. The van der Waals surface area contributed by atoms with Gasteiger partial charge in [-0.1, -0.05) is 24.8 Å². The number of aryl methyl sites for hydroxylation is 1. The Kier molecular flexibility index (Phi) is 7.76. The van der Waals surface area contributed by atoms with Crippen molar-refractivity contribution >= 4 is 39.7 Å². The number of aromatic nitrogens is 3. The molecule has 1 aliphatic heterocycles. The number of nitrogens with zero attached hydrogens (tertiary/aromatic N) is 5. The average molecular weight is 528 g/mol. The van der Waals surface area contributed by atoms with E-state index in [-0.39, 0.29) is 12.5 Å². The van der Waals surface area contributed by atoms with Crippen molar-refractivity contribution in [2.24, 2.45) is 7.05 Å². The van der Waals surface area contributed by atoms with Crippen LogP contribution in [-0.2, 0) is 11.8 Å². The van der Waals surface area contributed by atoms with E-state index in [1.54, 1.807) is 7.11 Å². The van der Waals surface area contributed by atoms with Gasteiger partial charge in [-0.25, -0.2) is 9.97 Å². The van der Waals surface area contributed by atoms with Crippen LogP contribution in [0.4, 0.5) is 22.9 Å². The number of carbonyl (C=O) groups excluding carboxylic acids is 1. The van der Waals surface area contributed by atoms with Crippen LogP contribution in [0.1, 0.15) is 0 Å². The van der Waals surface area contributed by atoms with E-state index >= 15 is 0 Å². The van der Waals surface area contributed by atoms with Gasteiger partial charge in [-0.3, -0.25) is 9.69 Å². The van der Waals surface area contributed by atoms with Gasteiger partial charge in [-0.15, -0.1) is 0 Å². The number of β-amino-alcohol motifs (C(OH)–C–C–N with tert-alkyl or cyclic N) is 1. The van der Waals surface area contributed by atoms with E-state index in [4.69, 9.17) is 4.74 Å². The summed E-state index contributed by atoms with van der Waals surface area (Å²) in [5, 5.41) is 16.7. The number of anilines is 4. The number of piperazine rings is 1. The summed E-state index contributed by atoms with van der Waals surface area (Å²) < 4.78 is 7.84. The highest BCUT2D eigenvalue weighted by Crippen LogP contribution is 2.39. The van der Waals surface area contributed by atoms with Gasteiger partial charge in [0.25, 0.3) is 0 Å². The lowest BCUT2D eigenvalue weighted by Gasteiger charge is -2.37. The fourth-order valence-corrected chi connectivity index (χ4v) is 4.99. The van der Waals surface area contributed by atoms with Gasteiger partial charge in [0.1, 0.15) is 17.9 Å². The fraction of sp³-hybridized carbons (Fsp3) is 0.276. The number of rotatable bonds is 9. The molecule has 1 amide bonds. The highest BCUT2D eigenvalue weighted by molar-refractivity contribution is 6.02. The molecule has 0 spiro atoms. The number of carbonyl (C=O) groups is 1. The molecule has 2 aromatic carbocycles. The summed E-state index contributed by atoms with van der Waals surface area (Å²) in [6.45, 7) is 7.54. The SMILES string of the molecule is C=CC(=O)Nc1cc(Nc2cc(-c3cn(C)c4ccccc34)ncn2)c(OC)cc1N1CCN(CCO)CC1. The number of para-hydroxylation sites is 1. The van der Waals surface area contributed by atoms with Crippen LogP contribution in [0, 0.1) is 0 Å². The molecule has 5 rings (SSSR count). The molecular formula is C29H33N7O3. The second kappa shape index (κ2) is 11.5. The average Bonchev–Trinajstić information content (AvgIpc) is 3.30. The van der Waals surface area contributed by atoms with Crippen LogP contribution in [-0.4, -0.2) is 76.9 Å². The Labute approximate surface area is 227 Å². The van der Waals surface area contributed by atoms with E-state index in [1.807, 2.05) is 37.4 Å². The highest BCUT2D eigenvalue weighted by Gasteiger charge is 2.22. The number of aliphatic hydroxyl groups excluding tert-OH is 1. The summed E-state index contributed by atoms with van der Waals surface area (Å²) >= 11 is 0. The fourth-order valence-electron chi connectivity index (χ4n) is 4.99. The number of fused-ring (bicyclic) bond motifs is 1. The third kappa shape index (κ3) is 5.57. The first-order valence-electron chi connectivity index (χ1n) is 12.9. The molecule has 0 radical (unpaired) electrons. The summed E-state index contributed by atoms with van der Waals surface area (Å²) in [6.07, 6.45) is 4.85. The lowest BCUT2D eigenvalue weighted by atomic mass is 10.1. The normalized spacial score (nSPS) is 13.9. The summed E-state index contributed by atoms with van der Waals surface area (Å²) in [7, 11) is 3.64. The number of aliphatic hydroxyl groups is 1. The van der Waals surface area contributed by atoms with Crippen molar-refractivity contribution in [3.63, 3.8) is 0 Å². The van der Waals surface area contributed by atoms with Crippen LogP contribution >= 0.6 is 0 Å². The molecule has 4 aromatic rings. The van der Waals surface area contributed by atoms with E-state index in [0.29, 0.717) is 29.5 Å². The maximum absolute atomic E-state index is 12.3. The van der Waals surface area contributed by atoms with Crippen molar-refractivity contribution in [2.75, 3.05) is 62.0 Å². The Hall–Kier alpha value is -4.41. The predicted molar refractivity (Wildman–Crippen MR) is 155 cm³/mol. The number of ether oxygens (including phenoxy) is 1. The predicted octanol–water partition coefficient (Wildman–Crippen LogP) is 3.63. The van der Waals surface area contributed by atoms with E-state index in [2.05, 4.69) is 59.9 Å². The van der Waals surface area contributed by atoms with Crippen molar-refractivity contribution in [2.45, 2.75) is 0 Å². The van der Waals surface area contributed by atoms with E-state index in [0.717, 1.165) is 54.0 Å². The molecule has 39 heavy (non-hydrogen) atoms. The summed E-state index contributed by atoms with van der Waals surface area (Å²) in [4.78, 5) is 25.7. The molecule has 202 valence electrons. The Balaban J connectivity index is 1.47. The molecule has 3 heterocycles. The molecule has 10 heteroatoms. The van der Waals surface area contributed by atoms with Gasteiger partial charge in [0.2, 0.25) is 5.91 Å². The van der Waals surface area contributed by atoms with Gasteiger partial charge < -0.3 is 29.9 Å². The molecular weight excluding hydrogens is 494 g/mol. The van der Waals surface area contributed by atoms with Crippen molar-refractivity contribution in [1.29, 1.82) is 0 Å². The third-order valence-electron chi connectivity index (χ3n) is 6.99. The number of hydrogen-bond donors (Lipinski definition) is 3. The van der Waals surface area contributed by atoms with Gasteiger partial charge in [-0.05, 0) is 18.2 Å². The standard InChI is InChI=1S/C29H33N7O3/c1-4-29(38)33-23-15-24(27(39-3)17-26(23)36-11-9-35(10-12-36)13-14-37)32-28-16-22(30-19-31-28)21-18-34(2)25-8-6-5-7-20(21)25/h4-8,15-19,37H,1,9-14H2,2-3H3,(H,33,38)(H,30,31,32). The minimum atomic E-state index is -0.299. The zero-order valence-electron chi connectivity index (χ0n) is 22.2. The van der Waals surface area contributed by atoms with Crippen LogP contribution in [0.2, 0.25) is 0 Å². The monoisotopic (exact) mass is 527 g/mol. The molecule has 10 nitrogen and oxygen atoms in total. The van der Waals surface area contributed by atoms with Gasteiger partial charge in [0, 0.05) is 74.6 Å². The Bertz CT molecular complexity index is 1490. The minimum absolute atomic E-state index is 0.139. The number of methoxy groups -OCH3 is 1. The lowest BCUT2D eigenvalue weighted by molar-refractivity contribution is -0.111. The van der Waals surface area contributed by atoms with Crippen LogP contribution in [0.15, 0.2) is 67.6 Å². The van der Waals surface area contributed by atoms with Gasteiger partial charge in [-0.2, -0.15) is 0 Å². The second-order valence-electron chi connectivity index (χ2n) is 9.40. The number of amides is 1. The molecule has 3 N–H and O–H groups in total. The number of nitrogens with one attached hydrogen (secondary N) is 2. The molecule has 1 saturated heterocycles. The Morgan fingerprint density at radius 3 is 2.67 bits per heavy atom. The zero-order valence-corrected chi connectivity index (χ0v) is 22.2. The highest BCUT2D eigenvalue weighted by atomic mass is 16.5. The van der Waals surface area contributed by atoms with Crippen LogP contribution in [0.3, 0.4) is 0 Å². The molecule has 1 aliphatic rings. The van der Waals surface area contributed by atoms with E-state index in [1.165, 1.54) is 12.4 Å². The smallest absolute Gasteiger partial charge is 0.247 e. The van der Waals surface area contributed by atoms with Gasteiger partial charge in [0.05, 0.1) is 36.5 Å². The Morgan fingerprint density at radius 1 is 1.13 bits per heavy atom. The molecule has 0 saturated carbocycles. The quantitative estimate of drug-likeness (QED) is 0.283. The maximum atomic E-state index is 12.3. The summed E-state index contributed by atoms with van der Waals surface area (Å²) in [5.41, 5.74) is 5.08. The molecule has 0 bridgehead atoms. The van der Waals surface area contributed by atoms with Crippen LogP contribution in [0.5, 0.6) is 5.75 Å².